The van der Waals surface area contributed by atoms with E-state index in [2.05, 4.69) is 15.6 Å². The van der Waals surface area contributed by atoms with Crippen LogP contribution in [-0.2, 0) is 16.9 Å². The second kappa shape index (κ2) is 5.92. The van der Waals surface area contributed by atoms with E-state index >= 15 is 0 Å². The standard InChI is InChI=1S/C14H18N4O3/c1-14(2,20)12-8-18(17-16-12)9-13(19)15-10-6-4-5-7-11(10)21-3/h4-8,20H,9H2,1-3H3,(H,15,19). The highest BCUT2D eigenvalue weighted by Gasteiger charge is 2.20. The van der Waals surface area contributed by atoms with Crippen LogP contribution in [0, 0.1) is 0 Å². The van der Waals surface area contributed by atoms with Gasteiger partial charge in [-0.2, -0.15) is 0 Å². The molecule has 0 saturated carbocycles. The van der Waals surface area contributed by atoms with Crippen LogP contribution in [0.1, 0.15) is 19.5 Å². The number of aromatic nitrogens is 3. The summed E-state index contributed by atoms with van der Waals surface area (Å²) in [7, 11) is 1.54. The van der Waals surface area contributed by atoms with Gasteiger partial charge < -0.3 is 15.2 Å². The first-order chi connectivity index (χ1) is 9.90. The number of benzene rings is 1. The van der Waals surface area contributed by atoms with Crippen molar-refractivity contribution >= 4 is 11.6 Å². The number of nitrogens with zero attached hydrogens (tertiary/aromatic N) is 3. The van der Waals surface area contributed by atoms with Gasteiger partial charge in [0.05, 0.1) is 19.0 Å². The van der Waals surface area contributed by atoms with Gasteiger partial charge in [0, 0.05) is 0 Å². The molecule has 7 nitrogen and oxygen atoms in total. The molecular weight excluding hydrogens is 272 g/mol. The fraction of sp³-hybridized carbons (Fsp3) is 0.357. The van der Waals surface area contributed by atoms with E-state index in [0.29, 0.717) is 17.1 Å². The summed E-state index contributed by atoms with van der Waals surface area (Å²) < 4.78 is 6.54. The molecule has 2 aromatic rings. The summed E-state index contributed by atoms with van der Waals surface area (Å²) in [5.74, 6) is 0.327. The van der Waals surface area contributed by atoms with Gasteiger partial charge in [0.15, 0.2) is 0 Å². The summed E-state index contributed by atoms with van der Waals surface area (Å²) in [6.45, 7) is 3.22. The summed E-state index contributed by atoms with van der Waals surface area (Å²) in [6, 6.07) is 7.14. The van der Waals surface area contributed by atoms with Crippen LogP contribution in [-0.4, -0.2) is 33.1 Å². The maximum atomic E-state index is 12.0. The van der Waals surface area contributed by atoms with Crippen LogP contribution in [0.5, 0.6) is 5.75 Å². The van der Waals surface area contributed by atoms with E-state index in [4.69, 9.17) is 4.74 Å². The Balaban J connectivity index is 2.03. The summed E-state index contributed by atoms with van der Waals surface area (Å²) >= 11 is 0. The van der Waals surface area contributed by atoms with Crippen LogP contribution in [0.25, 0.3) is 0 Å². The molecule has 1 aromatic heterocycles. The SMILES string of the molecule is COc1ccccc1NC(=O)Cn1cc(C(C)(C)O)nn1. The van der Waals surface area contributed by atoms with Crippen molar-refractivity contribution in [1.82, 2.24) is 15.0 Å². The van der Waals surface area contributed by atoms with E-state index in [9.17, 15) is 9.90 Å². The number of aliphatic hydroxyl groups is 1. The van der Waals surface area contributed by atoms with Gasteiger partial charge >= 0.3 is 0 Å². The zero-order valence-electron chi connectivity index (χ0n) is 12.2. The molecule has 1 heterocycles. The molecule has 1 aromatic carbocycles. The van der Waals surface area contributed by atoms with Gasteiger partial charge in [-0.25, -0.2) is 4.68 Å². The third-order valence-electron chi connectivity index (χ3n) is 2.85. The van der Waals surface area contributed by atoms with Crippen molar-refractivity contribution in [3.05, 3.63) is 36.2 Å². The normalized spacial score (nSPS) is 11.2. The Labute approximate surface area is 122 Å². The molecule has 0 atom stereocenters. The predicted molar refractivity (Wildman–Crippen MR) is 76.9 cm³/mol. The second-order valence-electron chi connectivity index (χ2n) is 5.11. The number of anilines is 1. The van der Waals surface area contributed by atoms with Gasteiger partial charge in [-0.15, -0.1) is 5.10 Å². The molecule has 2 rings (SSSR count). The number of ether oxygens (including phenoxy) is 1. The average molecular weight is 290 g/mol. The van der Waals surface area contributed by atoms with Crippen molar-refractivity contribution in [1.29, 1.82) is 0 Å². The fourth-order valence-corrected chi connectivity index (χ4v) is 1.74. The third kappa shape index (κ3) is 3.79. The number of amides is 1. The molecule has 0 aliphatic carbocycles. The molecule has 21 heavy (non-hydrogen) atoms. The van der Waals surface area contributed by atoms with Crippen LogP contribution < -0.4 is 10.1 Å². The highest BCUT2D eigenvalue weighted by atomic mass is 16.5. The number of nitrogens with one attached hydrogen (secondary N) is 1. The quantitative estimate of drug-likeness (QED) is 0.862. The number of para-hydroxylation sites is 2. The molecule has 0 spiro atoms. The van der Waals surface area contributed by atoms with Crippen LogP contribution in [0.2, 0.25) is 0 Å². The largest absolute Gasteiger partial charge is 0.495 e. The topological polar surface area (TPSA) is 89.3 Å². The molecule has 7 heteroatoms. The smallest absolute Gasteiger partial charge is 0.246 e. The minimum atomic E-state index is -1.09. The number of hydrogen-bond acceptors (Lipinski definition) is 5. The number of hydrogen-bond donors (Lipinski definition) is 2. The number of methoxy groups -OCH3 is 1. The van der Waals surface area contributed by atoms with Gasteiger partial charge in [-0.1, -0.05) is 17.3 Å². The first-order valence-electron chi connectivity index (χ1n) is 6.46. The Morgan fingerprint density at radius 1 is 1.43 bits per heavy atom. The molecule has 0 unspecified atom stereocenters. The van der Waals surface area contributed by atoms with Gasteiger partial charge in [0.2, 0.25) is 5.91 Å². The Kier molecular flexibility index (Phi) is 4.23. The Bertz CT molecular complexity index is 631. The second-order valence-corrected chi connectivity index (χ2v) is 5.11. The van der Waals surface area contributed by atoms with Crippen LogP contribution >= 0.6 is 0 Å². The summed E-state index contributed by atoms with van der Waals surface area (Å²) in [5.41, 5.74) is -0.0855. The van der Waals surface area contributed by atoms with Crippen molar-refractivity contribution in [2.24, 2.45) is 0 Å². The zero-order valence-corrected chi connectivity index (χ0v) is 12.2. The zero-order chi connectivity index (χ0) is 15.5. The van der Waals surface area contributed by atoms with E-state index in [1.165, 1.54) is 11.8 Å². The molecule has 0 radical (unpaired) electrons. The fourth-order valence-electron chi connectivity index (χ4n) is 1.74. The predicted octanol–water partition coefficient (Wildman–Crippen LogP) is 1.15. The van der Waals surface area contributed by atoms with Gasteiger partial charge in [-0.05, 0) is 26.0 Å². The van der Waals surface area contributed by atoms with E-state index < -0.39 is 5.60 Å². The first-order valence-corrected chi connectivity index (χ1v) is 6.46. The Hall–Kier alpha value is -2.41. The van der Waals surface area contributed by atoms with E-state index in [1.807, 2.05) is 6.07 Å². The molecule has 0 fully saturated rings. The molecule has 112 valence electrons. The van der Waals surface area contributed by atoms with Crippen LogP contribution in [0.15, 0.2) is 30.5 Å². The highest BCUT2D eigenvalue weighted by molar-refractivity contribution is 5.92. The highest BCUT2D eigenvalue weighted by Crippen LogP contribution is 2.23. The monoisotopic (exact) mass is 290 g/mol. The summed E-state index contributed by atoms with van der Waals surface area (Å²) in [4.78, 5) is 12.0. The molecule has 0 aliphatic rings. The maximum absolute atomic E-state index is 12.0. The van der Waals surface area contributed by atoms with Crippen molar-refractivity contribution in [2.45, 2.75) is 26.0 Å². The van der Waals surface area contributed by atoms with Crippen molar-refractivity contribution < 1.29 is 14.6 Å². The number of rotatable bonds is 5. The lowest BCUT2D eigenvalue weighted by atomic mass is 10.1. The molecule has 0 aliphatic heterocycles. The summed E-state index contributed by atoms with van der Waals surface area (Å²) in [5, 5.41) is 20.2. The number of carbonyl (C=O) groups excluding carboxylic acids is 1. The molecule has 0 saturated heterocycles. The minimum absolute atomic E-state index is 0.00112. The maximum Gasteiger partial charge on any atom is 0.246 e. The lowest BCUT2D eigenvalue weighted by Gasteiger charge is -2.12. The Morgan fingerprint density at radius 2 is 2.14 bits per heavy atom. The van der Waals surface area contributed by atoms with Gasteiger partial charge in [-0.3, -0.25) is 4.79 Å². The molecule has 2 N–H and O–H groups in total. The average Bonchev–Trinajstić information content (AvgIpc) is 2.87. The van der Waals surface area contributed by atoms with Crippen molar-refractivity contribution in [2.75, 3.05) is 12.4 Å². The lowest BCUT2D eigenvalue weighted by molar-refractivity contribution is -0.116. The molecular formula is C14H18N4O3. The first kappa shape index (κ1) is 15.0. The number of carbonyl (C=O) groups is 1. The van der Waals surface area contributed by atoms with Gasteiger partial charge in [0.1, 0.15) is 23.6 Å². The van der Waals surface area contributed by atoms with Crippen molar-refractivity contribution in [3.63, 3.8) is 0 Å². The Morgan fingerprint density at radius 3 is 2.76 bits per heavy atom. The minimum Gasteiger partial charge on any atom is -0.495 e. The molecule has 1 amide bonds. The lowest BCUT2D eigenvalue weighted by Crippen LogP contribution is -2.19. The van der Waals surface area contributed by atoms with Crippen LogP contribution in [0.3, 0.4) is 0 Å². The third-order valence-corrected chi connectivity index (χ3v) is 2.85. The van der Waals surface area contributed by atoms with E-state index in [1.54, 1.807) is 38.2 Å². The summed E-state index contributed by atoms with van der Waals surface area (Å²) in [6.07, 6.45) is 1.54. The van der Waals surface area contributed by atoms with Crippen LogP contribution in [0.4, 0.5) is 5.69 Å². The van der Waals surface area contributed by atoms with E-state index in [-0.39, 0.29) is 12.5 Å². The van der Waals surface area contributed by atoms with Crippen molar-refractivity contribution in [3.8, 4) is 5.75 Å². The molecule has 0 bridgehead atoms. The van der Waals surface area contributed by atoms with Gasteiger partial charge in [0.25, 0.3) is 0 Å². The van der Waals surface area contributed by atoms with E-state index in [0.717, 1.165) is 0 Å².